The molecule has 0 saturated carbocycles. The Kier molecular flexibility index (Phi) is 5.79. The number of carbonyl (C=O) groups is 2. The average Bonchev–Trinajstić information content (AvgIpc) is 2.21. The zero-order valence-corrected chi connectivity index (χ0v) is 8.80. The highest BCUT2D eigenvalue weighted by Crippen LogP contribution is 1.99. The van der Waals surface area contributed by atoms with Crippen molar-refractivity contribution in [2.24, 2.45) is 5.92 Å². The van der Waals surface area contributed by atoms with E-state index in [0.717, 1.165) is 12.2 Å². The average molecular weight is 210 g/mol. The van der Waals surface area contributed by atoms with Gasteiger partial charge in [-0.1, -0.05) is 0 Å². The first-order valence-electron chi connectivity index (χ1n) is 4.60. The Morgan fingerprint density at radius 1 is 1.53 bits per heavy atom. The Hall–Kier alpha value is -1.83. The molecule has 0 radical (unpaired) electrons. The van der Waals surface area contributed by atoms with E-state index >= 15 is 0 Å². The summed E-state index contributed by atoms with van der Waals surface area (Å²) in [4.78, 5) is 23.0. The minimum absolute atomic E-state index is 0.257. The molecule has 5 nitrogen and oxygen atoms in total. The Bertz CT molecular complexity index is 304. The van der Waals surface area contributed by atoms with E-state index in [0.29, 0.717) is 13.1 Å². The number of carbonyl (C=O) groups excluding carboxylic acids is 1. The molecular weight excluding hydrogens is 196 g/mol. The summed E-state index contributed by atoms with van der Waals surface area (Å²) < 4.78 is 0. The van der Waals surface area contributed by atoms with Crippen LogP contribution in [0.4, 0.5) is 0 Å². The maximum atomic E-state index is 11.4. The fourth-order valence-electron chi connectivity index (χ4n) is 0.994. The molecule has 1 atom stereocenters. The fraction of sp³-hybridized carbons (Fsp3) is 0.500. The fourth-order valence-corrected chi connectivity index (χ4v) is 0.994. The van der Waals surface area contributed by atoms with Gasteiger partial charge in [-0.3, -0.25) is 4.79 Å². The summed E-state index contributed by atoms with van der Waals surface area (Å²) in [6.07, 6.45) is 1.79. The lowest BCUT2D eigenvalue weighted by atomic mass is 10.2. The molecule has 0 saturated heterocycles. The third kappa shape index (κ3) is 5.47. The summed E-state index contributed by atoms with van der Waals surface area (Å²) >= 11 is 0. The number of hydrogen-bond donors (Lipinski definition) is 1. The minimum Gasteiger partial charge on any atom is -0.478 e. The Labute approximate surface area is 88.6 Å². The summed E-state index contributed by atoms with van der Waals surface area (Å²) in [7, 11) is 0. The van der Waals surface area contributed by atoms with Gasteiger partial charge in [0, 0.05) is 25.2 Å². The lowest BCUT2D eigenvalue weighted by Crippen LogP contribution is -2.33. The van der Waals surface area contributed by atoms with Gasteiger partial charge in [0.15, 0.2) is 0 Å². The van der Waals surface area contributed by atoms with Crippen LogP contribution in [0, 0.1) is 17.2 Å². The molecule has 0 aliphatic carbocycles. The van der Waals surface area contributed by atoms with E-state index in [1.807, 2.05) is 6.07 Å². The normalized spacial score (nSPS) is 12.1. The number of hydrogen-bond acceptors (Lipinski definition) is 3. The topological polar surface area (TPSA) is 81.4 Å². The first-order chi connectivity index (χ1) is 7.01. The third-order valence-corrected chi connectivity index (χ3v) is 1.78. The summed E-state index contributed by atoms with van der Waals surface area (Å²) in [5.41, 5.74) is 0. The quantitative estimate of drug-likeness (QED) is 0.675. The van der Waals surface area contributed by atoms with Gasteiger partial charge in [-0.25, -0.2) is 4.79 Å². The van der Waals surface area contributed by atoms with Crippen molar-refractivity contribution in [3.63, 3.8) is 0 Å². The van der Waals surface area contributed by atoms with Gasteiger partial charge in [0.05, 0.1) is 12.0 Å². The number of likely N-dealkylation sites (N-methyl/N-ethyl adjacent to an activating group) is 1. The summed E-state index contributed by atoms with van der Waals surface area (Å²) in [5.74, 6) is -1.80. The number of nitriles is 1. The standard InChI is InChI=1S/C10H14N2O3/c1-3-12(7-8(2)6-11)9(13)4-5-10(14)15/h4-5,8H,3,7H2,1-2H3,(H,14,15)/b5-4+. The van der Waals surface area contributed by atoms with Crippen molar-refractivity contribution in [2.45, 2.75) is 13.8 Å². The Morgan fingerprint density at radius 2 is 2.13 bits per heavy atom. The molecule has 15 heavy (non-hydrogen) atoms. The van der Waals surface area contributed by atoms with Gasteiger partial charge in [-0.15, -0.1) is 0 Å². The van der Waals surface area contributed by atoms with E-state index in [2.05, 4.69) is 0 Å². The number of rotatable bonds is 5. The molecule has 0 aliphatic heterocycles. The van der Waals surface area contributed by atoms with Gasteiger partial charge >= 0.3 is 5.97 Å². The second-order valence-electron chi connectivity index (χ2n) is 3.08. The smallest absolute Gasteiger partial charge is 0.328 e. The number of carboxylic acid groups (broad SMARTS) is 1. The number of nitrogens with zero attached hydrogens (tertiary/aromatic N) is 2. The van der Waals surface area contributed by atoms with Gasteiger partial charge in [0.2, 0.25) is 5.91 Å². The monoisotopic (exact) mass is 210 g/mol. The zero-order chi connectivity index (χ0) is 11.8. The van der Waals surface area contributed by atoms with Crippen molar-refractivity contribution in [3.05, 3.63) is 12.2 Å². The Balaban J connectivity index is 4.36. The highest BCUT2D eigenvalue weighted by molar-refractivity contribution is 5.93. The molecule has 5 heteroatoms. The van der Waals surface area contributed by atoms with E-state index < -0.39 is 5.97 Å². The highest BCUT2D eigenvalue weighted by atomic mass is 16.4. The van der Waals surface area contributed by atoms with Crippen LogP contribution in [0.5, 0.6) is 0 Å². The molecule has 0 aromatic rings. The zero-order valence-electron chi connectivity index (χ0n) is 8.80. The van der Waals surface area contributed by atoms with E-state index in [1.165, 1.54) is 4.90 Å². The molecule has 0 fully saturated rings. The lowest BCUT2D eigenvalue weighted by molar-refractivity contribution is -0.132. The van der Waals surface area contributed by atoms with Crippen molar-refractivity contribution >= 4 is 11.9 Å². The number of amides is 1. The van der Waals surface area contributed by atoms with Crippen molar-refractivity contribution in [3.8, 4) is 6.07 Å². The highest BCUT2D eigenvalue weighted by Gasteiger charge is 2.12. The third-order valence-electron chi connectivity index (χ3n) is 1.78. The van der Waals surface area contributed by atoms with Gasteiger partial charge in [0.25, 0.3) is 0 Å². The number of aliphatic carboxylic acids is 1. The molecule has 0 heterocycles. The summed E-state index contributed by atoms with van der Waals surface area (Å²) in [6, 6.07) is 2.02. The first kappa shape index (κ1) is 13.2. The van der Waals surface area contributed by atoms with Gasteiger partial charge in [-0.05, 0) is 13.8 Å². The predicted octanol–water partition coefficient (Wildman–Crippen LogP) is 0.635. The molecule has 82 valence electrons. The van der Waals surface area contributed by atoms with Crippen LogP contribution in [0.15, 0.2) is 12.2 Å². The van der Waals surface area contributed by atoms with Crippen LogP contribution in [0.1, 0.15) is 13.8 Å². The van der Waals surface area contributed by atoms with Gasteiger partial charge < -0.3 is 10.0 Å². The molecule has 0 rings (SSSR count). The van der Waals surface area contributed by atoms with Crippen LogP contribution < -0.4 is 0 Å². The number of carboxylic acids is 1. The maximum absolute atomic E-state index is 11.4. The molecule has 1 amide bonds. The second-order valence-corrected chi connectivity index (χ2v) is 3.08. The van der Waals surface area contributed by atoms with Crippen LogP contribution in [0.3, 0.4) is 0 Å². The van der Waals surface area contributed by atoms with Crippen LogP contribution >= 0.6 is 0 Å². The second kappa shape index (κ2) is 6.60. The SMILES string of the molecule is CCN(CC(C)C#N)C(=O)/C=C/C(=O)O. The summed E-state index contributed by atoms with van der Waals surface area (Å²) in [5, 5.41) is 16.9. The van der Waals surface area contributed by atoms with Crippen molar-refractivity contribution in [2.75, 3.05) is 13.1 Å². The van der Waals surface area contributed by atoms with Gasteiger partial charge in [-0.2, -0.15) is 5.26 Å². The largest absolute Gasteiger partial charge is 0.478 e. The minimum atomic E-state index is -1.16. The molecular formula is C10H14N2O3. The van der Waals surface area contributed by atoms with Crippen LogP contribution in [0.25, 0.3) is 0 Å². The Morgan fingerprint density at radius 3 is 2.53 bits per heavy atom. The van der Waals surface area contributed by atoms with Crippen LogP contribution in [-0.2, 0) is 9.59 Å². The van der Waals surface area contributed by atoms with E-state index in [-0.39, 0.29) is 11.8 Å². The van der Waals surface area contributed by atoms with E-state index in [1.54, 1.807) is 13.8 Å². The first-order valence-corrected chi connectivity index (χ1v) is 4.60. The van der Waals surface area contributed by atoms with Crippen molar-refractivity contribution < 1.29 is 14.7 Å². The maximum Gasteiger partial charge on any atom is 0.328 e. The molecule has 0 spiro atoms. The van der Waals surface area contributed by atoms with E-state index in [9.17, 15) is 9.59 Å². The lowest BCUT2D eigenvalue weighted by Gasteiger charge is -2.19. The molecule has 0 bridgehead atoms. The molecule has 0 aromatic heterocycles. The predicted molar refractivity (Wildman–Crippen MR) is 53.8 cm³/mol. The molecule has 1 N–H and O–H groups in total. The molecule has 0 aliphatic rings. The van der Waals surface area contributed by atoms with Crippen LogP contribution in [-0.4, -0.2) is 35.0 Å². The van der Waals surface area contributed by atoms with Crippen molar-refractivity contribution in [1.29, 1.82) is 5.26 Å². The summed E-state index contributed by atoms with van der Waals surface area (Å²) in [6.45, 7) is 4.25. The molecule has 0 aromatic carbocycles. The van der Waals surface area contributed by atoms with E-state index in [4.69, 9.17) is 10.4 Å². The van der Waals surface area contributed by atoms with Crippen molar-refractivity contribution in [1.82, 2.24) is 4.90 Å². The molecule has 1 unspecified atom stereocenters. The van der Waals surface area contributed by atoms with Gasteiger partial charge in [0.1, 0.15) is 0 Å². The van der Waals surface area contributed by atoms with Crippen LogP contribution in [0.2, 0.25) is 0 Å².